The molecule has 1 aromatic heterocycles. The number of halogens is 2. The fourth-order valence-electron chi connectivity index (χ4n) is 2.56. The topological polar surface area (TPSA) is 50.2 Å². The molecule has 0 fully saturated rings. The van der Waals surface area contributed by atoms with Crippen molar-refractivity contribution in [3.8, 4) is 0 Å². The number of benzene rings is 2. The molecule has 0 bridgehead atoms. The molecule has 5 nitrogen and oxygen atoms in total. The van der Waals surface area contributed by atoms with Crippen LogP contribution >= 0.6 is 23.2 Å². The summed E-state index contributed by atoms with van der Waals surface area (Å²) < 4.78 is 1.68. The molecule has 134 valence electrons. The van der Waals surface area contributed by atoms with Crippen molar-refractivity contribution in [3.05, 3.63) is 76.0 Å². The summed E-state index contributed by atoms with van der Waals surface area (Å²) in [5, 5.41) is 8.37. The molecular weight excluding hydrogens is 371 g/mol. The Morgan fingerprint density at radius 3 is 2.69 bits per heavy atom. The lowest BCUT2D eigenvalue weighted by Gasteiger charge is -2.18. The van der Waals surface area contributed by atoms with Crippen LogP contribution in [-0.2, 0) is 6.54 Å². The second-order valence-electron chi connectivity index (χ2n) is 6.03. The Morgan fingerprint density at radius 2 is 1.96 bits per heavy atom. The molecule has 0 atom stereocenters. The maximum absolute atomic E-state index is 12.6. The van der Waals surface area contributed by atoms with E-state index in [-0.39, 0.29) is 5.91 Å². The molecule has 1 N–H and O–H groups in total. The van der Waals surface area contributed by atoms with E-state index >= 15 is 0 Å². The monoisotopic (exact) mass is 388 g/mol. The van der Waals surface area contributed by atoms with Crippen LogP contribution in [0.3, 0.4) is 0 Å². The Bertz CT molecular complexity index is 937. The van der Waals surface area contributed by atoms with Crippen molar-refractivity contribution >= 4 is 40.5 Å². The quantitative estimate of drug-likeness (QED) is 0.696. The number of carbonyl (C=O) groups excluding carboxylic acids is 1. The SMILES string of the molecule is CN(C)c1ccc(Cl)cc1NC(=O)c1cnn(Cc2ccccc2Cl)c1. The van der Waals surface area contributed by atoms with Crippen LogP contribution in [0.2, 0.25) is 10.0 Å². The van der Waals surface area contributed by atoms with Gasteiger partial charge in [-0.05, 0) is 29.8 Å². The summed E-state index contributed by atoms with van der Waals surface area (Å²) in [6.45, 7) is 0.493. The third-order valence-electron chi connectivity index (χ3n) is 3.87. The zero-order valence-corrected chi connectivity index (χ0v) is 15.9. The van der Waals surface area contributed by atoms with E-state index in [1.807, 2.05) is 49.3 Å². The van der Waals surface area contributed by atoms with Crippen LogP contribution in [-0.4, -0.2) is 29.8 Å². The summed E-state index contributed by atoms with van der Waals surface area (Å²) in [6, 6.07) is 12.9. The van der Waals surface area contributed by atoms with E-state index < -0.39 is 0 Å². The first-order valence-corrected chi connectivity index (χ1v) is 8.73. The standard InChI is InChI=1S/C19H18Cl2N4O/c1-24(2)18-8-7-15(20)9-17(18)23-19(26)14-10-22-25(12-14)11-13-5-3-4-6-16(13)21/h3-10,12H,11H2,1-2H3,(H,23,26). The second kappa shape index (κ2) is 7.81. The van der Waals surface area contributed by atoms with Crippen LogP contribution in [0.1, 0.15) is 15.9 Å². The van der Waals surface area contributed by atoms with E-state index in [1.54, 1.807) is 23.0 Å². The molecule has 0 radical (unpaired) electrons. The van der Waals surface area contributed by atoms with Crippen LogP contribution in [0, 0.1) is 0 Å². The van der Waals surface area contributed by atoms with Gasteiger partial charge in [0.25, 0.3) is 5.91 Å². The van der Waals surface area contributed by atoms with Gasteiger partial charge in [0.2, 0.25) is 0 Å². The molecular formula is C19H18Cl2N4O. The number of amides is 1. The highest BCUT2D eigenvalue weighted by Crippen LogP contribution is 2.28. The van der Waals surface area contributed by atoms with E-state index in [0.717, 1.165) is 11.3 Å². The molecule has 0 saturated carbocycles. The molecule has 26 heavy (non-hydrogen) atoms. The Morgan fingerprint density at radius 1 is 1.19 bits per heavy atom. The molecule has 0 aliphatic carbocycles. The molecule has 7 heteroatoms. The van der Waals surface area contributed by atoms with Gasteiger partial charge in [-0.25, -0.2) is 0 Å². The molecule has 0 spiro atoms. The second-order valence-corrected chi connectivity index (χ2v) is 6.87. The normalized spacial score (nSPS) is 10.6. The molecule has 0 unspecified atom stereocenters. The molecule has 2 aromatic carbocycles. The first-order chi connectivity index (χ1) is 12.4. The molecule has 0 aliphatic heterocycles. The highest BCUT2D eigenvalue weighted by molar-refractivity contribution is 6.31. The van der Waals surface area contributed by atoms with Crippen molar-refractivity contribution in [2.24, 2.45) is 0 Å². The van der Waals surface area contributed by atoms with Gasteiger partial charge >= 0.3 is 0 Å². The third kappa shape index (κ3) is 4.18. The molecule has 3 aromatic rings. The summed E-state index contributed by atoms with van der Waals surface area (Å²) >= 11 is 12.2. The number of rotatable bonds is 5. The van der Waals surface area contributed by atoms with Gasteiger partial charge in [0, 0.05) is 30.3 Å². The van der Waals surface area contributed by atoms with Crippen molar-refractivity contribution in [2.75, 3.05) is 24.3 Å². The van der Waals surface area contributed by atoms with Crippen molar-refractivity contribution in [2.45, 2.75) is 6.54 Å². The lowest BCUT2D eigenvalue weighted by atomic mass is 10.2. The van der Waals surface area contributed by atoms with Gasteiger partial charge < -0.3 is 10.2 Å². The fourth-order valence-corrected chi connectivity index (χ4v) is 2.93. The van der Waals surface area contributed by atoms with Crippen LogP contribution in [0.4, 0.5) is 11.4 Å². The largest absolute Gasteiger partial charge is 0.376 e. The minimum absolute atomic E-state index is 0.249. The number of nitrogens with zero attached hydrogens (tertiary/aromatic N) is 3. The zero-order chi connectivity index (χ0) is 18.7. The number of aromatic nitrogens is 2. The van der Waals surface area contributed by atoms with Gasteiger partial charge in [-0.15, -0.1) is 0 Å². The summed E-state index contributed by atoms with van der Waals surface area (Å²) in [5.74, 6) is -0.249. The fraction of sp³-hybridized carbons (Fsp3) is 0.158. The minimum Gasteiger partial charge on any atom is -0.376 e. The predicted octanol–water partition coefficient (Wildman–Crippen LogP) is 4.56. The van der Waals surface area contributed by atoms with Gasteiger partial charge in [0.1, 0.15) is 0 Å². The van der Waals surface area contributed by atoms with Gasteiger partial charge in [0.05, 0.1) is 29.7 Å². The minimum atomic E-state index is -0.249. The van der Waals surface area contributed by atoms with E-state index in [2.05, 4.69) is 10.4 Å². The van der Waals surface area contributed by atoms with E-state index in [9.17, 15) is 4.79 Å². The van der Waals surface area contributed by atoms with Gasteiger partial charge in [0.15, 0.2) is 0 Å². The van der Waals surface area contributed by atoms with Gasteiger partial charge in [-0.2, -0.15) is 5.10 Å². The average molecular weight is 389 g/mol. The Balaban J connectivity index is 1.77. The summed E-state index contributed by atoms with van der Waals surface area (Å²) in [5.41, 5.74) is 2.91. The number of anilines is 2. The Labute approximate surface area is 162 Å². The van der Waals surface area contributed by atoms with Gasteiger partial charge in [-0.3, -0.25) is 9.48 Å². The van der Waals surface area contributed by atoms with Crippen molar-refractivity contribution in [3.63, 3.8) is 0 Å². The van der Waals surface area contributed by atoms with E-state index in [1.165, 1.54) is 6.20 Å². The molecule has 1 amide bonds. The summed E-state index contributed by atoms with van der Waals surface area (Å²) in [6.07, 6.45) is 3.23. The number of hydrogen-bond donors (Lipinski definition) is 1. The highest BCUT2D eigenvalue weighted by atomic mass is 35.5. The van der Waals surface area contributed by atoms with Crippen molar-refractivity contribution in [1.29, 1.82) is 0 Å². The molecule has 1 heterocycles. The van der Waals surface area contributed by atoms with Crippen LogP contribution in [0.25, 0.3) is 0 Å². The Kier molecular flexibility index (Phi) is 5.49. The van der Waals surface area contributed by atoms with Crippen molar-refractivity contribution in [1.82, 2.24) is 9.78 Å². The van der Waals surface area contributed by atoms with E-state index in [4.69, 9.17) is 23.2 Å². The van der Waals surface area contributed by atoms with Crippen molar-refractivity contribution < 1.29 is 4.79 Å². The molecule has 0 saturated heterocycles. The maximum Gasteiger partial charge on any atom is 0.258 e. The first-order valence-electron chi connectivity index (χ1n) is 7.98. The number of hydrogen-bond acceptors (Lipinski definition) is 3. The maximum atomic E-state index is 12.6. The van der Waals surface area contributed by atoms with E-state index in [0.29, 0.717) is 27.8 Å². The summed E-state index contributed by atoms with van der Waals surface area (Å²) in [7, 11) is 3.81. The molecule has 0 aliphatic rings. The number of nitrogens with one attached hydrogen (secondary N) is 1. The lowest BCUT2D eigenvalue weighted by molar-refractivity contribution is 0.102. The lowest BCUT2D eigenvalue weighted by Crippen LogP contribution is -2.16. The zero-order valence-electron chi connectivity index (χ0n) is 14.4. The average Bonchev–Trinajstić information content (AvgIpc) is 3.05. The van der Waals surface area contributed by atoms with Crippen LogP contribution in [0.5, 0.6) is 0 Å². The van der Waals surface area contributed by atoms with Crippen LogP contribution in [0.15, 0.2) is 54.9 Å². The van der Waals surface area contributed by atoms with Crippen LogP contribution < -0.4 is 10.2 Å². The number of carbonyl (C=O) groups is 1. The highest BCUT2D eigenvalue weighted by Gasteiger charge is 2.13. The smallest absolute Gasteiger partial charge is 0.258 e. The molecule has 3 rings (SSSR count). The Hall–Kier alpha value is -2.50. The third-order valence-corrected chi connectivity index (χ3v) is 4.48. The predicted molar refractivity (Wildman–Crippen MR) is 107 cm³/mol. The first kappa shape index (κ1) is 18.3. The summed E-state index contributed by atoms with van der Waals surface area (Å²) in [4.78, 5) is 14.5. The van der Waals surface area contributed by atoms with Gasteiger partial charge in [-0.1, -0.05) is 41.4 Å².